The first-order valence-electron chi connectivity index (χ1n) is 5.77. The van der Waals surface area contributed by atoms with Gasteiger partial charge in [-0.15, -0.1) is 0 Å². The number of piperazine rings is 1. The largest absolute Gasteiger partial charge is 0.338 e. The van der Waals surface area contributed by atoms with Crippen molar-refractivity contribution in [2.75, 3.05) is 38.1 Å². The highest BCUT2D eigenvalue weighted by Crippen LogP contribution is 2.23. The minimum Gasteiger partial charge on any atom is -0.338 e. The summed E-state index contributed by atoms with van der Waals surface area (Å²) in [6.45, 7) is 6.13. The van der Waals surface area contributed by atoms with E-state index in [2.05, 4.69) is 56.3 Å². The van der Waals surface area contributed by atoms with E-state index in [4.69, 9.17) is 11.6 Å². The summed E-state index contributed by atoms with van der Waals surface area (Å²) in [5.41, 5.74) is 1.04. The Balaban J connectivity index is 2.24. The molecule has 94 valence electrons. The molecule has 1 aromatic heterocycles. The van der Waals surface area contributed by atoms with Gasteiger partial charge in [0.1, 0.15) is 5.15 Å². The lowest BCUT2D eigenvalue weighted by Gasteiger charge is -2.32. The third kappa shape index (κ3) is 3.00. The number of halogens is 2. The number of hydrogen-bond acceptors (Lipinski definition) is 4. The Hall–Kier alpha value is -0.140. The SMILES string of the molecule is CCc1nc(N2CCN(C)CC2)nc(Cl)c1I. The van der Waals surface area contributed by atoms with Gasteiger partial charge in [0.2, 0.25) is 5.95 Å². The van der Waals surface area contributed by atoms with Crippen LogP contribution in [0.4, 0.5) is 5.95 Å². The van der Waals surface area contributed by atoms with Crippen LogP contribution in [0.3, 0.4) is 0 Å². The molecule has 0 bridgehead atoms. The summed E-state index contributed by atoms with van der Waals surface area (Å²) in [5.74, 6) is 0.778. The van der Waals surface area contributed by atoms with Gasteiger partial charge in [0.05, 0.1) is 9.26 Å². The molecular weight excluding hydrogens is 351 g/mol. The number of anilines is 1. The maximum absolute atomic E-state index is 6.15. The minimum absolute atomic E-state index is 0.575. The third-order valence-corrected chi connectivity index (χ3v) is 4.71. The van der Waals surface area contributed by atoms with Crippen molar-refractivity contribution in [3.63, 3.8) is 0 Å². The number of aromatic nitrogens is 2. The molecule has 0 atom stereocenters. The molecule has 0 radical (unpaired) electrons. The molecule has 0 spiro atoms. The van der Waals surface area contributed by atoms with Gasteiger partial charge in [-0.2, -0.15) is 4.98 Å². The Morgan fingerprint density at radius 1 is 1.24 bits per heavy atom. The quantitative estimate of drug-likeness (QED) is 0.592. The predicted octanol–water partition coefficient (Wildman–Crippen LogP) is 2.05. The van der Waals surface area contributed by atoms with E-state index in [0.717, 1.165) is 47.8 Å². The third-order valence-electron chi connectivity index (χ3n) is 2.99. The zero-order chi connectivity index (χ0) is 12.4. The van der Waals surface area contributed by atoms with Crippen LogP contribution in [-0.2, 0) is 6.42 Å². The van der Waals surface area contributed by atoms with Crippen LogP contribution in [0.15, 0.2) is 0 Å². The fourth-order valence-electron chi connectivity index (χ4n) is 1.83. The van der Waals surface area contributed by atoms with E-state index in [9.17, 15) is 0 Å². The summed E-state index contributed by atoms with van der Waals surface area (Å²) >= 11 is 8.36. The molecule has 0 saturated carbocycles. The first kappa shape index (κ1) is 13.3. The fourth-order valence-corrected chi connectivity index (χ4v) is 2.64. The van der Waals surface area contributed by atoms with Crippen LogP contribution in [0, 0.1) is 3.57 Å². The summed E-state index contributed by atoms with van der Waals surface area (Å²) in [6.07, 6.45) is 0.890. The molecule has 0 aliphatic carbocycles. The van der Waals surface area contributed by atoms with Gasteiger partial charge in [-0.25, -0.2) is 4.98 Å². The Labute approximate surface area is 121 Å². The van der Waals surface area contributed by atoms with E-state index in [1.165, 1.54) is 0 Å². The molecular formula is C11H16ClIN4. The van der Waals surface area contributed by atoms with Gasteiger partial charge in [0.25, 0.3) is 0 Å². The lowest BCUT2D eigenvalue weighted by atomic mass is 10.3. The molecule has 6 heteroatoms. The molecule has 1 aliphatic rings. The van der Waals surface area contributed by atoms with E-state index in [0.29, 0.717) is 5.15 Å². The van der Waals surface area contributed by atoms with Crippen molar-refractivity contribution in [1.82, 2.24) is 14.9 Å². The maximum atomic E-state index is 6.15. The zero-order valence-electron chi connectivity index (χ0n) is 10.1. The summed E-state index contributed by atoms with van der Waals surface area (Å²) in [6, 6.07) is 0. The standard InChI is InChI=1S/C11H16ClIN4/c1-3-8-9(13)10(12)15-11(14-8)17-6-4-16(2)5-7-17/h3-7H2,1-2H3. The fraction of sp³-hybridized carbons (Fsp3) is 0.636. The summed E-state index contributed by atoms with van der Waals surface area (Å²) in [7, 11) is 2.14. The van der Waals surface area contributed by atoms with Crippen molar-refractivity contribution in [3.05, 3.63) is 14.4 Å². The van der Waals surface area contributed by atoms with Gasteiger partial charge in [-0.1, -0.05) is 18.5 Å². The van der Waals surface area contributed by atoms with Crippen LogP contribution < -0.4 is 4.90 Å². The normalized spacial score (nSPS) is 17.5. The van der Waals surface area contributed by atoms with Crippen molar-refractivity contribution in [3.8, 4) is 0 Å². The van der Waals surface area contributed by atoms with E-state index in [-0.39, 0.29) is 0 Å². The Bertz CT molecular complexity index is 405. The number of likely N-dealkylation sites (N-methyl/N-ethyl adjacent to an activating group) is 1. The molecule has 1 fully saturated rings. The number of nitrogens with zero attached hydrogens (tertiary/aromatic N) is 4. The molecule has 1 saturated heterocycles. The molecule has 2 heterocycles. The molecule has 0 unspecified atom stereocenters. The smallest absolute Gasteiger partial charge is 0.227 e. The van der Waals surface area contributed by atoms with Gasteiger partial charge in [-0.3, -0.25) is 0 Å². The second-order valence-electron chi connectivity index (χ2n) is 4.22. The second-order valence-corrected chi connectivity index (χ2v) is 5.66. The van der Waals surface area contributed by atoms with E-state index in [1.54, 1.807) is 0 Å². The molecule has 4 nitrogen and oxygen atoms in total. The molecule has 0 N–H and O–H groups in total. The Morgan fingerprint density at radius 3 is 2.47 bits per heavy atom. The predicted molar refractivity (Wildman–Crippen MR) is 78.8 cm³/mol. The van der Waals surface area contributed by atoms with Crippen molar-refractivity contribution in [2.24, 2.45) is 0 Å². The van der Waals surface area contributed by atoms with Gasteiger partial charge in [0, 0.05) is 26.2 Å². The molecule has 2 rings (SSSR count). The molecule has 1 aromatic rings. The van der Waals surface area contributed by atoms with Crippen molar-refractivity contribution in [1.29, 1.82) is 0 Å². The van der Waals surface area contributed by atoms with Gasteiger partial charge < -0.3 is 9.80 Å². The molecule has 0 aromatic carbocycles. The highest BCUT2D eigenvalue weighted by atomic mass is 127. The van der Waals surface area contributed by atoms with E-state index in [1.807, 2.05) is 0 Å². The van der Waals surface area contributed by atoms with Crippen LogP contribution in [0.2, 0.25) is 5.15 Å². The minimum atomic E-state index is 0.575. The lowest BCUT2D eigenvalue weighted by Crippen LogP contribution is -2.45. The average molecular weight is 367 g/mol. The monoisotopic (exact) mass is 366 g/mol. The van der Waals surface area contributed by atoms with Crippen LogP contribution in [0.25, 0.3) is 0 Å². The first-order chi connectivity index (χ1) is 8.11. The highest BCUT2D eigenvalue weighted by molar-refractivity contribution is 14.1. The summed E-state index contributed by atoms with van der Waals surface area (Å²) < 4.78 is 0.977. The highest BCUT2D eigenvalue weighted by Gasteiger charge is 2.18. The summed E-state index contributed by atoms with van der Waals surface area (Å²) in [5, 5.41) is 0.575. The van der Waals surface area contributed by atoms with Gasteiger partial charge in [0.15, 0.2) is 0 Å². The molecule has 0 amide bonds. The Morgan fingerprint density at radius 2 is 1.88 bits per heavy atom. The zero-order valence-corrected chi connectivity index (χ0v) is 13.0. The Kier molecular flexibility index (Phi) is 4.43. The average Bonchev–Trinajstić information content (AvgIpc) is 2.33. The number of aryl methyl sites for hydroxylation is 1. The van der Waals surface area contributed by atoms with Crippen LogP contribution >= 0.6 is 34.2 Å². The van der Waals surface area contributed by atoms with E-state index >= 15 is 0 Å². The van der Waals surface area contributed by atoms with Crippen molar-refractivity contribution in [2.45, 2.75) is 13.3 Å². The van der Waals surface area contributed by atoms with Crippen LogP contribution in [-0.4, -0.2) is 48.1 Å². The lowest BCUT2D eigenvalue weighted by molar-refractivity contribution is 0.311. The maximum Gasteiger partial charge on any atom is 0.227 e. The first-order valence-corrected chi connectivity index (χ1v) is 7.23. The summed E-state index contributed by atoms with van der Waals surface area (Å²) in [4.78, 5) is 13.5. The van der Waals surface area contributed by atoms with Crippen LogP contribution in [0.5, 0.6) is 0 Å². The molecule has 17 heavy (non-hydrogen) atoms. The van der Waals surface area contributed by atoms with Gasteiger partial charge in [-0.05, 0) is 36.1 Å². The molecule has 1 aliphatic heterocycles. The van der Waals surface area contributed by atoms with Crippen molar-refractivity contribution >= 4 is 40.1 Å². The van der Waals surface area contributed by atoms with Crippen LogP contribution in [0.1, 0.15) is 12.6 Å². The van der Waals surface area contributed by atoms with Crippen molar-refractivity contribution < 1.29 is 0 Å². The number of rotatable bonds is 2. The number of hydrogen-bond donors (Lipinski definition) is 0. The second kappa shape index (κ2) is 5.67. The van der Waals surface area contributed by atoms with E-state index < -0.39 is 0 Å². The van der Waals surface area contributed by atoms with Gasteiger partial charge >= 0.3 is 0 Å². The topological polar surface area (TPSA) is 32.3 Å².